The number of hydrogen-bond acceptors (Lipinski definition) is 15. The van der Waals surface area contributed by atoms with Crippen molar-refractivity contribution < 1.29 is 39.1 Å². The van der Waals surface area contributed by atoms with E-state index < -0.39 is 35.0 Å². The van der Waals surface area contributed by atoms with Gasteiger partial charge in [0.2, 0.25) is 0 Å². The lowest BCUT2D eigenvalue weighted by Crippen LogP contribution is -2.26. The number of azo groups is 2. The van der Waals surface area contributed by atoms with Crippen molar-refractivity contribution >= 4 is 64.5 Å². The Morgan fingerprint density at radius 1 is 1.00 bits per heavy atom. The minimum Gasteiger partial charge on any atom is -0.382 e. The number of aromatic nitrogens is 1. The topological polar surface area (TPSA) is 253 Å². The van der Waals surface area contributed by atoms with Crippen LogP contribution in [0.5, 0.6) is 0 Å². The molecule has 17 nitrogen and oxygen atoms in total. The third-order valence-corrected chi connectivity index (χ3v) is 9.70. The predicted molar refractivity (Wildman–Crippen MR) is 181 cm³/mol. The Morgan fingerprint density at radius 2 is 1.65 bits per heavy atom. The molecule has 0 unspecified atom stereocenters. The van der Waals surface area contributed by atoms with Gasteiger partial charge < -0.3 is 15.0 Å². The minimum absolute atomic E-state index is 0.00258. The summed E-state index contributed by atoms with van der Waals surface area (Å²) in [7, 11) is -11.2. The first-order valence-corrected chi connectivity index (χ1v) is 19.0. The van der Waals surface area contributed by atoms with Gasteiger partial charge in [-0.05, 0) is 62.7 Å². The van der Waals surface area contributed by atoms with Gasteiger partial charge in [-0.1, -0.05) is 6.58 Å². The molecule has 3 N–H and O–H groups in total. The number of anilines is 2. The highest BCUT2D eigenvalue weighted by molar-refractivity contribution is 7.94. The summed E-state index contributed by atoms with van der Waals surface area (Å²) in [6.45, 7) is 8.07. The highest BCUT2D eigenvalue weighted by Gasteiger charge is 2.22. The van der Waals surface area contributed by atoms with E-state index in [0.717, 1.165) is 23.6 Å². The number of pyridine rings is 1. The van der Waals surface area contributed by atoms with Gasteiger partial charge in [-0.2, -0.15) is 32.3 Å². The number of nitrogens with zero attached hydrogens (tertiary/aromatic N) is 7. The molecule has 0 saturated heterocycles. The van der Waals surface area contributed by atoms with Crippen LogP contribution < -0.4 is 10.2 Å². The van der Waals surface area contributed by atoms with Crippen LogP contribution in [0.4, 0.5) is 34.4 Å². The molecule has 0 radical (unpaired) electrons. The van der Waals surface area contributed by atoms with Crippen LogP contribution in [0.25, 0.3) is 0 Å². The number of sulfone groups is 1. The zero-order valence-electron chi connectivity index (χ0n) is 26.7. The Morgan fingerprint density at radius 3 is 2.24 bits per heavy atom. The van der Waals surface area contributed by atoms with Crippen LogP contribution in [0.15, 0.2) is 84.7 Å². The summed E-state index contributed by atoms with van der Waals surface area (Å²) in [4.78, 5) is 5.04. The fourth-order valence-corrected chi connectivity index (χ4v) is 5.89. The number of nitriles is 1. The molecular weight excluding hydrogens is 701 g/mol. The minimum atomic E-state index is -4.87. The predicted octanol–water partition coefficient (Wildman–Crippen LogP) is 5.42. The van der Waals surface area contributed by atoms with Crippen molar-refractivity contribution in [1.82, 2.24) is 4.98 Å². The van der Waals surface area contributed by atoms with Gasteiger partial charge in [0.1, 0.15) is 28.2 Å². The molecule has 3 aromatic rings. The number of rotatable bonds is 17. The van der Waals surface area contributed by atoms with Crippen molar-refractivity contribution in [3.63, 3.8) is 0 Å². The summed E-state index contributed by atoms with van der Waals surface area (Å²) >= 11 is 0. The summed E-state index contributed by atoms with van der Waals surface area (Å²) in [6, 6.07) is 10.3. The first-order valence-electron chi connectivity index (χ1n) is 14.4. The first kappa shape index (κ1) is 38.8. The molecule has 0 aliphatic rings. The molecule has 0 fully saturated rings. The van der Waals surface area contributed by atoms with E-state index in [4.69, 9.17) is 9.29 Å². The van der Waals surface area contributed by atoms with Gasteiger partial charge in [-0.3, -0.25) is 9.11 Å². The summed E-state index contributed by atoms with van der Waals surface area (Å²) in [6.07, 6.45) is 0.571. The maximum atomic E-state index is 12.3. The van der Waals surface area contributed by atoms with Gasteiger partial charge in [-0.15, -0.1) is 10.2 Å². The van der Waals surface area contributed by atoms with E-state index in [9.17, 15) is 35.1 Å². The quantitative estimate of drug-likeness (QED) is 0.0891. The fourth-order valence-electron chi connectivity index (χ4n) is 4.07. The van der Waals surface area contributed by atoms with Gasteiger partial charge in [0.05, 0.1) is 27.6 Å². The Kier molecular flexibility index (Phi) is 13.2. The van der Waals surface area contributed by atoms with Crippen molar-refractivity contribution in [2.75, 3.05) is 49.3 Å². The van der Waals surface area contributed by atoms with Crippen molar-refractivity contribution in [1.29, 1.82) is 5.26 Å². The molecule has 2 aromatic carbocycles. The molecule has 20 heteroatoms. The number of ether oxygens (including phenoxy) is 1. The van der Waals surface area contributed by atoms with Gasteiger partial charge in [-0.25, -0.2) is 13.4 Å². The smallest absolute Gasteiger partial charge is 0.296 e. The second kappa shape index (κ2) is 16.6. The molecule has 3 rings (SSSR count). The molecule has 0 aliphatic heterocycles. The van der Waals surface area contributed by atoms with Gasteiger partial charge >= 0.3 is 0 Å². The van der Waals surface area contributed by atoms with Crippen LogP contribution in [0.2, 0.25) is 0 Å². The third kappa shape index (κ3) is 10.9. The Bertz CT molecular complexity index is 2110. The zero-order chi connectivity index (χ0) is 36.4. The Balaban J connectivity index is 2.04. The normalized spacial score (nSPS) is 12.3. The van der Waals surface area contributed by atoms with Crippen LogP contribution in [-0.4, -0.2) is 78.4 Å². The molecule has 0 aliphatic carbocycles. The van der Waals surface area contributed by atoms with Crippen LogP contribution in [-0.2, 0) is 34.8 Å². The number of nitrogens with one attached hydrogen (secondary N) is 1. The lowest BCUT2D eigenvalue weighted by molar-refractivity contribution is 0.147. The largest absolute Gasteiger partial charge is 0.382 e. The van der Waals surface area contributed by atoms with Crippen molar-refractivity contribution in [2.24, 2.45) is 20.5 Å². The molecule has 0 spiro atoms. The van der Waals surface area contributed by atoms with E-state index in [1.54, 1.807) is 14.0 Å². The molecule has 0 bridgehead atoms. The lowest BCUT2D eigenvalue weighted by atomic mass is 10.1. The molecule has 0 saturated carbocycles. The van der Waals surface area contributed by atoms with E-state index in [-0.39, 0.29) is 57.1 Å². The van der Waals surface area contributed by atoms with Crippen molar-refractivity contribution in [3.8, 4) is 6.07 Å². The average Bonchev–Trinajstić information content (AvgIpc) is 3.05. The van der Waals surface area contributed by atoms with Crippen molar-refractivity contribution in [2.45, 2.75) is 30.1 Å². The first-order chi connectivity index (χ1) is 23.0. The van der Waals surface area contributed by atoms with Crippen LogP contribution in [0, 0.1) is 18.3 Å². The van der Waals surface area contributed by atoms with Crippen LogP contribution >= 0.6 is 0 Å². The lowest BCUT2D eigenvalue weighted by Gasteiger charge is -2.22. The second-order valence-corrected chi connectivity index (χ2v) is 15.1. The van der Waals surface area contributed by atoms with E-state index in [0.29, 0.717) is 31.7 Å². The highest BCUT2D eigenvalue weighted by Crippen LogP contribution is 2.37. The van der Waals surface area contributed by atoms with Gasteiger partial charge in [0.25, 0.3) is 20.2 Å². The van der Waals surface area contributed by atoms with Crippen LogP contribution in [0.1, 0.15) is 24.5 Å². The van der Waals surface area contributed by atoms with Gasteiger partial charge in [0, 0.05) is 44.3 Å². The fraction of sp³-hybridized carbons (Fsp3) is 0.310. The molecule has 1 aromatic heterocycles. The van der Waals surface area contributed by atoms with E-state index in [2.05, 4.69) is 43.4 Å². The SMILES string of the molecule is C=CS(=O)(=O)CCN(C)c1nc(NCCCOCC)c(N=Nc2ccc(N=Nc3ccc(S(=O)(=O)O)cc3)cc2S(=O)(=O)O)c(C)c1C#N. The van der Waals surface area contributed by atoms with Crippen molar-refractivity contribution in [3.05, 3.63) is 65.6 Å². The maximum Gasteiger partial charge on any atom is 0.296 e. The highest BCUT2D eigenvalue weighted by atomic mass is 32.2. The number of hydrogen-bond donors (Lipinski definition) is 3. The van der Waals surface area contributed by atoms with E-state index in [1.807, 2.05) is 6.92 Å². The van der Waals surface area contributed by atoms with E-state index in [1.165, 1.54) is 29.2 Å². The van der Waals surface area contributed by atoms with E-state index >= 15 is 0 Å². The zero-order valence-corrected chi connectivity index (χ0v) is 29.1. The monoisotopic (exact) mass is 734 g/mol. The molecule has 1 heterocycles. The number of benzene rings is 2. The average molecular weight is 735 g/mol. The molecule has 0 atom stereocenters. The maximum absolute atomic E-state index is 12.3. The summed E-state index contributed by atoms with van der Waals surface area (Å²) < 4.78 is 95.6. The standard InChI is InChI=1S/C29H34N8O9S3/c1-5-46-16-7-14-31-28-27(20(3)24(19-30)29(32-28)37(4)15-17-47(38,39)6-2)36-35-25-13-10-22(18-26(25)49(43,44)45)34-33-21-8-11-23(12-9-21)48(40,41)42/h6,8-13,18H,2,5,7,14-17H2,1,3-4H3,(H,31,32)(H,40,41,42)(H,43,44,45). The molecule has 262 valence electrons. The Hall–Kier alpha value is -4.65. The second-order valence-electron chi connectivity index (χ2n) is 10.2. The summed E-state index contributed by atoms with van der Waals surface area (Å²) in [5.74, 6) is 0.0707. The molecule has 0 amide bonds. The molecular formula is C29H34N8O9S3. The summed E-state index contributed by atoms with van der Waals surface area (Å²) in [5.41, 5.74) is 0.344. The summed E-state index contributed by atoms with van der Waals surface area (Å²) in [5, 5.41) is 30.1. The third-order valence-electron chi connectivity index (χ3n) is 6.69. The molecule has 49 heavy (non-hydrogen) atoms. The Labute approximate surface area is 284 Å². The van der Waals surface area contributed by atoms with Crippen LogP contribution in [0.3, 0.4) is 0 Å². The van der Waals surface area contributed by atoms with Gasteiger partial charge in [0.15, 0.2) is 15.7 Å².